The molecule has 1 aliphatic rings. The van der Waals surface area contributed by atoms with Gasteiger partial charge in [-0.05, 0) is 35.6 Å². The average molecular weight is 475 g/mol. The van der Waals surface area contributed by atoms with E-state index in [0.717, 1.165) is 22.9 Å². The molecule has 2 atom stereocenters. The van der Waals surface area contributed by atoms with Crippen LogP contribution in [0.3, 0.4) is 0 Å². The van der Waals surface area contributed by atoms with Crippen molar-refractivity contribution in [3.8, 4) is 11.1 Å². The van der Waals surface area contributed by atoms with Crippen molar-refractivity contribution in [1.82, 2.24) is 15.2 Å². The number of benzene rings is 1. The van der Waals surface area contributed by atoms with Gasteiger partial charge in [0.2, 0.25) is 5.91 Å². The Hall–Kier alpha value is -2.84. The third kappa shape index (κ3) is 3.89. The molecule has 0 unspecified atom stereocenters. The zero-order valence-electron chi connectivity index (χ0n) is 17.6. The Labute approximate surface area is 193 Å². The minimum atomic E-state index is -2.97. The number of nitrogens with zero attached hydrogens (tertiary/aromatic N) is 2. The highest BCUT2D eigenvalue weighted by Gasteiger charge is 2.49. The van der Waals surface area contributed by atoms with E-state index in [0.29, 0.717) is 10.6 Å². The number of hydrogen-bond acceptors (Lipinski definition) is 4. The first-order valence-electron chi connectivity index (χ1n) is 9.83. The molecule has 2 aromatic heterocycles. The Bertz CT molecular complexity index is 1190. The van der Waals surface area contributed by atoms with Crippen LogP contribution in [0.5, 0.6) is 0 Å². The molecule has 32 heavy (non-hydrogen) atoms. The molecule has 0 spiro atoms. The van der Waals surface area contributed by atoms with Gasteiger partial charge in [0.25, 0.3) is 5.92 Å². The Kier molecular flexibility index (Phi) is 5.55. The molecule has 0 saturated carbocycles. The predicted octanol–water partition coefficient (Wildman–Crippen LogP) is 5.57. The van der Waals surface area contributed by atoms with Crippen LogP contribution in [0.15, 0.2) is 54.2 Å². The van der Waals surface area contributed by atoms with Crippen LogP contribution in [0.25, 0.3) is 11.1 Å². The van der Waals surface area contributed by atoms with Crippen molar-refractivity contribution in [2.45, 2.75) is 31.2 Å². The number of rotatable bonds is 4. The van der Waals surface area contributed by atoms with Crippen LogP contribution in [-0.2, 0) is 16.3 Å². The largest absolute Gasteiger partial charge is 0.345 e. The van der Waals surface area contributed by atoms with Crippen LogP contribution >= 0.6 is 22.9 Å². The Morgan fingerprint density at radius 3 is 2.53 bits per heavy atom. The van der Waals surface area contributed by atoms with Crippen molar-refractivity contribution >= 4 is 34.8 Å². The topological polar surface area (TPSA) is 69.1 Å². The van der Waals surface area contributed by atoms with Crippen LogP contribution in [0.1, 0.15) is 35.8 Å². The van der Waals surface area contributed by atoms with E-state index in [9.17, 15) is 13.6 Å². The molecular weight excluding hydrogens is 454 g/mol. The molecule has 1 amide bonds. The average Bonchev–Trinajstić information content (AvgIpc) is 3.23. The molecule has 0 bridgehead atoms. The van der Waals surface area contributed by atoms with E-state index < -0.39 is 17.4 Å². The maximum Gasteiger partial charge on any atom is 0.270 e. The second-order valence-corrected chi connectivity index (χ2v) is 9.46. The molecule has 1 fully saturated rings. The van der Waals surface area contributed by atoms with E-state index in [1.165, 1.54) is 35.4 Å². The van der Waals surface area contributed by atoms with Gasteiger partial charge in [-0.1, -0.05) is 35.9 Å². The number of alkyl halides is 2. The lowest BCUT2D eigenvalue weighted by Gasteiger charge is -2.45. The maximum atomic E-state index is 13.7. The van der Waals surface area contributed by atoms with Crippen molar-refractivity contribution in [3.63, 3.8) is 0 Å². The molecule has 4 rings (SSSR count). The molecule has 1 aliphatic heterocycles. The zero-order chi connectivity index (χ0) is 23.3. The number of carbonyl (C=O) groups is 1. The van der Waals surface area contributed by atoms with E-state index in [-0.39, 0.29) is 17.4 Å². The monoisotopic (exact) mass is 474 g/mol. The van der Waals surface area contributed by atoms with Gasteiger partial charge < -0.3 is 5.32 Å². The summed E-state index contributed by atoms with van der Waals surface area (Å²) < 4.78 is 27.4. The molecule has 166 valence electrons. The lowest BCUT2D eigenvalue weighted by atomic mass is 9.76. The summed E-state index contributed by atoms with van der Waals surface area (Å²) in [6.45, 7) is 2.69. The van der Waals surface area contributed by atoms with Gasteiger partial charge in [-0.2, -0.15) is 0 Å². The Morgan fingerprint density at radius 2 is 1.91 bits per heavy atom. The molecule has 9 heteroatoms. The van der Waals surface area contributed by atoms with Gasteiger partial charge in [-0.3, -0.25) is 20.1 Å². The smallest absolute Gasteiger partial charge is 0.270 e. The molecule has 3 aromatic rings. The minimum absolute atomic E-state index is 0.0233. The summed E-state index contributed by atoms with van der Waals surface area (Å²) in [5.41, 5.74) is 1.25. The predicted molar refractivity (Wildman–Crippen MR) is 122 cm³/mol. The summed E-state index contributed by atoms with van der Waals surface area (Å²) >= 11 is 7.52. The van der Waals surface area contributed by atoms with Crippen molar-refractivity contribution in [1.29, 1.82) is 5.41 Å². The van der Waals surface area contributed by atoms with E-state index >= 15 is 0 Å². The summed E-state index contributed by atoms with van der Waals surface area (Å²) in [6.07, 6.45) is 3.26. The highest BCUT2D eigenvalue weighted by molar-refractivity contribution is 7.10. The SMILES string of the molecule is CN1C(=N)N[C@](C)(c2cc(-c3cncc(Cl)c3)cs2)[C@H](c2ccc(C(C)(F)F)cc2)C1=O. The third-order valence-electron chi connectivity index (χ3n) is 5.77. The lowest BCUT2D eigenvalue weighted by Crippen LogP contribution is -2.62. The first-order valence-corrected chi connectivity index (χ1v) is 11.1. The molecule has 0 radical (unpaired) electrons. The Balaban J connectivity index is 1.79. The van der Waals surface area contributed by atoms with Gasteiger partial charge >= 0.3 is 0 Å². The summed E-state index contributed by atoms with van der Waals surface area (Å²) in [6, 6.07) is 9.57. The van der Waals surface area contributed by atoms with Gasteiger partial charge in [-0.25, -0.2) is 8.78 Å². The maximum absolute atomic E-state index is 13.7. The van der Waals surface area contributed by atoms with Crippen molar-refractivity contribution < 1.29 is 13.6 Å². The van der Waals surface area contributed by atoms with E-state index in [1.807, 2.05) is 18.4 Å². The zero-order valence-corrected chi connectivity index (χ0v) is 19.2. The van der Waals surface area contributed by atoms with Crippen molar-refractivity contribution in [2.75, 3.05) is 7.05 Å². The van der Waals surface area contributed by atoms with Gasteiger partial charge in [0.1, 0.15) is 0 Å². The number of likely N-dealkylation sites (N-methyl/N-ethyl adjacent to an activating group) is 1. The summed E-state index contributed by atoms with van der Waals surface area (Å²) in [7, 11) is 1.52. The van der Waals surface area contributed by atoms with Crippen LogP contribution < -0.4 is 5.32 Å². The van der Waals surface area contributed by atoms with E-state index in [1.54, 1.807) is 30.6 Å². The molecule has 3 heterocycles. The van der Waals surface area contributed by atoms with Gasteiger partial charge in [-0.15, -0.1) is 11.3 Å². The molecule has 2 N–H and O–H groups in total. The number of carbonyl (C=O) groups excluding carboxylic acids is 1. The minimum Gasteiger partial charge on any atom is -0.345 e. The highest BCUT2D eigenvalue weighted by Crippen LogP contribution is 2.44. The van der Waals surface area contributed by atoms with E-state index in [4.69, 9.17) is 17.0 Å². The van der Waals surface area contributed by atoms with Gasteiger partial charge in [0.15, 0.2) is 5.96 Å². The van der Waals surface area contributed by atoms with Gasteiger partial charge in [0.05, 0.1) is 16.5 Å². The summed E-state index contributed by atoms with van der Waals surface area (Å²) in [5.74, 6) is -4.00. The molecule has 1 aromatic carbocycles. The fourth-order valence-corrected chi connectivity index (χ4v) is 5.17. The second kappa shape index (κ2) is 7.94. The Morgan fingerprint density at radius 1 is 1.22 bits per heavy atom. The number of thiophene rings is 1. The summed E-state index contributed by atoms with van der Waals surface area (Å²) in [5, 5.41) is 13.9. The molecule has 1 saturated heterocycles. The standard InChI is InChI=1S/C23H21ClF2N4OS/c1-22(18-9-15(12-32-18)14-8-17(24)11-28-10-14)19(20(31)30(3)21(27)29-22)13-4-6-16(7-5-13)23(2,25)26/h4-12,19H,1-3H3,(H2,27,29)/t19-,22-/m1/s1. The van der Waals surface area contributed by atoms with E-state index in [2.05, 4.69) is 10.3 Å². The number of halogens is 3. The van der Waals surface area contributed by atoms with Crippen LogP contribution in [0.4, 0.5) is 8.78 Å². The van der Waals surface area contributed by atoms with Crippen LogP contribution in [-0.4, -0.2) is 28.8 Å². The number of pyridine rings is 1. The van der Waals surface area contributed by atoms with Gasteiger partial charge in [0, 0.05) is 42.4 Å². The number of guanidine groups is 1. The molecule has 0 aliphatic carbocycles. The summed E-state index contributed by atoms with van der Waals surface area (Å²) in [4.78, 5) is 19.5. The molecule has 5 nitrogen and oxygen atoms in total. The van der Waals surface area contributed by atoms with Crippen molar-refractivity contribution in [3.05, 3.63) is 75.2 Å². The molecular formula is C23H21ClF2N4OS. The normalized spacial score (nSPS) is 21.6. The number of nitrogens with one attached hydrogen (secondary N) is 2. The van der Waals surface area contributed by atoms with Crippen LogP contribution in [0.2, 0.25) is 5.02 Å². The quantitative estimate of drug-likeness (QED) is 0.519. The number of hydrogen-bond donors (Lipinski definition) is 2. The second-order valence-electron chi connectivity index (χ2n) is 8.11. The fourth-order valence-electron chi connectivity index (χ4n) is 3.93. The number of amides is 1. The first-order chi connectivity index (χ1) is 15.0. The lowest BCUT2D eigenvalue weighted by molar-refractivity contribution is -0.131. The number of aromatic nitrogens is 1. The van der Waals surface area contributed by atoms with Crippen LogP contribution in [0, 0.1) is 5.41 Å². The highest BCUT2D eigenvalue weighted by atomic mass is 35.5. The fraction of sp³-hybridized carbons (Fsp3) is 0.261. The third-order valence-corrected chi connectivity index (χ3v) is 7.14. The van der Waals surface area contributed by atoms with Crippen molar-refractivity contribution in [2.24, 2.45) is 0 Å². The first kappa shape index (κ1) is 22.4.